The largest absolute Gasteiger partial charge is 0.457 e. The Hall–Kier alpha value is -0.660. The molecule has 0 radical (unpaired) electrons. The van der Waals surface area contributed by atoms with Crippen LogP contribution in [-0.2, 0) is 9.47 Å². The maximum atomic E-state index is 5.30. The fourth-order valence-electron chi connectivity index (χ4n) is 1.48. The number of hydrogen-bond donors (Lipinski definition) is 0. The van der Waals surface area contributed by atoms with Gasteiger partial charge in [0.25, 0.3) is 0 Å². The molecule has 0 amide bonds. The van der Waals surface area contributed by atoms with E-state index in [0.29, 0.717) is 0 Å². The molecular weight excluding hydrogens is 140 g/mol. The molecule has 1 fully saturated rings. The van der Waals surface area contributed by atoms with Crippen LogP contribution in [0.15, 0.2) is 12.5 Å². The van der Waals surface area contributed by atoms with Crippen LogP contribution >= 0.6 is 0 Å². The van der Waals surface area contributed by atoms with Crippen molar-refractivity contribution in [3.8, 4) is 0 Å². The van der Waals surface area contributed by atoms with Gasteiger partial charge >= 0.3 is 0 Å². The summed E-state index contributed by atoms with van der Waals surface area (Å²) in [6.45, 7) is 4.00. The highest BCUT2D eigenvalue weighted by Crippen LogP contribution is 2.37. The molecule has 1 heterocycles. The fourth-order valence-corrected chi connectivity index (χ4v) is 1.48. The molecule has 0 N–H and O–H groups in total. The quantitative estimate of drug-likeness (QED) is 0.537. The topological polar surface area (TPSA) is 18.5 Å². The lowest BCUT2D eigenvalue weighted by Gasteiger charge is -2.20. The molecule has 1 saturated carbocycles. The second-order valence-electron chi connectivity index (χ2n) is 2.63. The highest BCUT2D eigenvalue weighted by molar-refractivity contribution is 4.87. The van der Waals surface area contributed by atoms with E-state index < -0.39 is 0 Å². The molecule has 0 unspecified atom stereocenters. The Bertz CT molecular complexity index is 124. The third-order valence-corrected chi connectivity index (χ3v) is 1.99. The maximum Gasteiger partial charge on any atom is 0.249 e. The van der Waals surface area contributed by atoms with Crippen molar-refractivity contribution >= 4 is 0 Å². The van der Waals surface area contributed by atoms with Crippen molar-refractivity contribution in [1.29, 1.82) is 0 Å². The smallest absolute Gasteiger partial charge is 0.249 e. The van der Waals surface area contributed by atoms with Crippen molar-refractivity contribution < 1.29 is 9.47 Å². The van der Waals surface area contributed by atoms with E-state index in [-0.39, 0.29) is 5.79 Å². The second kappa shape index (κ2) is 3.65. The van der Waals surface area contributed by atoms with Crippen molar-refractivity contribution in [2.45, 2.75) is 45.3 Å². The van der Waals surface area contributed by atoms with Gasteiger partial charge in [-0.2, -0.15) is 0 Å². The van der Waals surface area contributed by atoms with E-state index in [1.165, 1.54) is 12.8 Å². The van der Waals surface area contributed by atoms with Crippen molar-refractivity contribution in [2.24, 2.45) is 0 Å². The van der Waals surface area contributed by atoms with Crippen molar-refractivity contribution in [3.05, 3.63) is 12.5 Å². The summed E-state index contributed by atoms with van der Waals surface area (Å²) in [5.74, 6) is -0.222. The number of rotatable bonds is 0. The normalized spacial score (nSPS) is 23.8. The van der Waals surface area contributed by atoms with E-state index in [4.69, 9.17) is 9.47 Å². The van der Waals surface area contributed by atoms with Gasteiger partial charge in [-0.15, -0.1) is 0 Å². The van der Waals surface area contributed by atoms with Crippen LogP contribution in [0.2, 0.25) is 0 Å². The highest BCUT2D eigenvalue weighted by atomic mass is 16.7. The molecule has 2 rings (SSSR count). The summed E-state index contributed by atoms with van der Waals surface area (Å²) in [7, 11) is 0. The summed E-state index contributed by atoms with van der Waals surface area (Å²) in [5.41, 5.74) is 0. The zero-order valence-electron chi connectivity index (χ0n) is 7.30. The Labute approximate surface area is 68.2 Å². The van der Waals surface area contributed by atoms with Crippen LogP contribution in [0.25, 0.3) is 0 Å². The lowest BCUT2D eigenvalue weighted by Crippen LogP contribution is -2.24. The predicted molar refractivity (Wildman–Crippen MR) is 43.9 cm³/mol. The molecule has 0 saturated heterocycles. The summed E-state index contributed by atoms with van der Waals surface area (Å²) in [4.78, 5) is 0. The van der Waals surface area contributed by atoms with Crippen LogP contribution in [0.4, 0.5) is 0 Å². The van der Waals surface area contributed by atoms with Gasteiger partial charge in [-0.05, 0) is 12.8 Å². The zero-order chi connectivity index (χ0) is 8.16. The van der Waals surface area contributed by atoms with Crippen LogP contribution in [0.3, 0.4) is 0 Å². The van der Waals surface area contributed by atoms with Crippen molar-refractivity contribution in [3.63, 3.8) is 0 Å². The van der Waals surface area contributed by atoms with E-state index in [1.54, 1.807) is 12.5 Å². The minimum atomic E-state index is -0.222. The average Bonchev–Trinajstić information content (AvgIpc) is 2.69. The molecular formula is C9H16O2. The van der Waals surface area contributed by atoms with Crippen LogP contribution in [0.1, 0.15) is 39.5 Å². The van der Waals surface area contributed by atoms with Gasteiger partial charge in [0.1, 0.15) is 12.5 Å². The standard InChI is InChI=1S/C7H10O2.C2H6/c1-2-4-7(3-1)8-5-6-9-7;1-2/h5-6H,1-4H2;1-2H3. The highest BCUT2D eigenvalue weighted by Gasteiger charge is 2.38. The first-order valence-electron chi connectivity index (χ1n) is 4.42. The lowest BCUT2D eigenvalue weighted by molar-refractivity contribution is -0.134. The summed E-state index contributed by atoms with van der Waals surface area (Å²) < 4.78 is 10.6. The van der Waals surface area contributed by atoms with Crippen molar-refractivity contribution in [1.82, 2.24) is 0 Å². The Morgan fingerprint density at radius 2 is 1.45 bits per heavy atom. The Morgan fingerprint density at radius 1 is 1.00 bits per heavy atom. The Kier molecular flexibility index (Phi) is 2.80. The van der Waals surface area contributed by atoms with Gasteiger partial charge in [0.2, 0.25) is 5.79 Å². The van der Waals surface area contributed by atoms with Gasteiger partial charge in [-0.25, -0.2) is 0 Å². The maximum absolute atomic E-state index is 5.30. The van der Waals surface area contributed by atoms with E-state index in [9.17, 15) is 0 Å². The Morgan fingerprint density at radius 3 is 1.91 bits per heavy atom. The molecule has 0 atom stereocenters. The molecule has 1 aliphatic carbocycles. The molecule has 2 aliphatic rings. The third kappa shape index (κ3) is 1.67. The number of hydrogen-bond acceptors (Lipinski definition) is 2. The van der Waals surface area contributed by atoms with Crippen LogP contribution in [0.5, 0.6) is 0 Å². The van der Waals surface area contributed by atoms with Gasteiger partial charge in [0, 0.05) is 12.8 Å². The summed E-state index contributed by atoms with van der Waals surface area (Å²) in [5, 5.41) is 0. The third-order valence-electron chi connectivity index (χ3n) is 1.99. The van der Waals surface area contributed by atoms with Gasteiger partial charge < -0.3 is 9.47 Å². The Balaban J connectivity index is 0.000000281. The van der Waals surface area contributed by atoms with E-state index in [1.807, 2.05) is 13.8 Å². The lowest BCUT2D eigenvalue weighted by atomic mass is 10.2. The minimum absolute atomic E-state index is 0.222. The molecule has 0 bridgehead atoms. The van der Waals surface area contributed by atoms with Crippen LogP contribution in [-0.4, -0.2) is 5.79 Å². The molecule has 1 spiro atoms. The van der Waals surface area contributed by atoms with E-state index in [2.05, 4.69) is 0 Å². The monoisotopic (exact) mass is 156 g/mol. The SMILES string of the molecule is C1=COC2(CCCC2)O1.CC. The first kappa shape index (κ1) is 8.44. The van der Waals surface area contributed by atoms with Gasteiger partial charge in [-0.3, -0.25) is 0 Å². The minimum Gasteiger partial charge on any atom is -0.457 e. The van der Waals surface area contributed by atoms with Gasteiger partial charge in [0.05, 0.1) is 0 Å². The number of ether oxygens (including phenoxy) is 2. The van der Waals surface area contributed by atoms with E-state index >= 15 is 0 Å². The summed E-state index contributed by atoms with van der Waals surface area (Å²) in [6.07, 6.45) is 7.87. The molecule has 2 nitrogen and oxygen atoms in total. The molecule has 64 valence electrons. The molecule has 0 aromatic rings. The van der Waals surface area contributed by atoms with Gasteiger partial charge in [0.15, 0.2) is 0 Å². The average molecular weight is 156 g/mol. The van der Waals surface area contributed by atoms with E-state index in [0.717, 1.165) is 12.8 Å². The first-order chi connectivity index (χ1) is 5.41. The van der Waals surface area contributed by atoms with Gasteiger partial charge in [-0.1, -0.05) is 13.8 Å². The zero-order valence-corrected chi connectivity index (χ0v) is 7.30. The molecule has 1 aliphatic heterocycles. The molecule has 11 heavy (non-hydrogen) atoms. The molecule has 0 aromatic heterocycles. The second-order valence-corrected chi connectivity index (χ2v) is 2.63. The van der Waals surface area contributed by atoms with Crippen LogP contribution in [0, 0.1) is 0 Å². The summed E-state index contributed by atoms with van der Waals surface area (Å²) in [6, 6.07) is 0. The van der Waals surface area contributed by atoms with Crippen LogP contribution < -0.4 is 0 Å². The summed E-state index contributed by atoms with van der Waals surface area (Å²) >= 11 is 0. The fraction of sp³-hybridized carbons (Fsp3) is 0.778. The first-order valence-corrected chi connectivity index (χ1v) is 4.42. The predicted octanol–water partition coefficient (Wildman–Crippen LogP) is 2.80. The van der Waals surface area contributed by atoms with Crippen molar-refractivity contribution in [2.75, 3.05) is 0 Å². The molecule has 0 aromatic carbocycles. The molecule has 2 heteroatoms.